The van der Waals surface area contributed by atoms with E-state index in [0.29, 0.717) is 27.1 Å². The quantitative estimate of drug-likeness (QED) is 0.460. The van der Waals surface area contributed by atoms with Gasteiger partial charge in [-0.25, -0.2) is 13.4 Å². The van der Waals surface area contributed by atoms with Crippen molar-refractivity contribution < 1.29 is 13.2 Å². The van der Waals surface area contributed by atoms with Gasteiger partial charge in [0.15, 0.2) is 5.65 Å². The third-order valence-electron chi connectivity index (χ3n) is 4.37. The number of fused-ring (bicyclic) bond motifs is 1. The van der Waals surface area contributed by atoms with E-state index in [1.165, 1.54) is 19.2 Å². The predicted molar refractivity (Wildman–Crippen MR) is 114 cm³/mol. The molecule has 4 rings (SSSR count). The zero-order valence-corrected chi connectivity index (χ0v) is 17.5. The summed E-state index contributed by atoms with van der Waals surface area (Å²) in [5.74, 6) is 0.575. The number of hydrogen-bond donors (Lipinski definition) is 1. The van der Waals surface area contributed by atoms with Gasteiger partial charge in [-0.1, -0.05) is 29.3 Å². The fourth-order valence-corrected chi connectivity index (χ4v) is 4.28. The van der Waals surface area contributed by atoms with Crippen molar-refractivity contribution in [1.29, 1.82) is 0 Å². The summed E-state index contributed by atoms with van der Waals surface area (Å²) >= 11 is 12.1. The zero-order chi connectivity index (χ0) is 20.6. The van der Waals surface area contributed by atoms with E-state index < -0.39 is 10.0 Å². The minimum atomic E-state index is -3.79. The van der Waals surface area contributed by atoms with E-state index in [-0.39, 0.29) is 4.90 Å². The average molecular weight is 448 g/mol. The second-order valence-electron chi connectivity index (χ2n) is 6.17. The van der Waals surface area contributed by atoms with Crippen LogP contribution in [0.1, 0.15) is 0 Å². The molecular formula is C20H15Cl2N3O3S. The summed E-state index contributed by atoms with van der Waals surface area (Å²) in [6.07, 6.45) is 3.45. The molecule has 6 nitrogen and oxygen atoms in total. The number of halogens is 2. The summed E-state index contributed by atoms with van der Waals surface area (Å²) in [4.78, 5) is 4.51. The van der Waals surface area contributed by atoms with E-state index in [4.69, 9.17) is 27.9 Å². The van der Waals surface area contributed by atoms with Crippen LogP contribution in [0.4, 0.5) is 5.69 Å². The fourth-order valence-electron chi connectivity index (χ4n) is 2.92. The van der Waals surface area contributed by atoms with Gasteiger partial charge in [0.25, 0.3) is 10.0 Å². The number of ether oxygens (including phenoxy) is 1. The molecule has 4 aromatic rings. The van der Waals surface area contributed by atoms with E-state index in [9.17, 15) is 8.42 Å². The van der Waals surface area contributed by atoms with Crippen LogP contribution in [0.25, 0.3) is 16.9 Å². The lowest BCUT2D eigenvalue weighted by molar-refractivity contribution is 0.414. The molecule has 0 spiro atoms. The number of nitrogens with one attached hydrogen (secondary N) is 1. The Labute approximate surface area is 177 Å². The first-order chi connectivity index (χ1) is 13.9. The van der Waals surface area contributed by atoms with Gasteiger partial charge in [-0.05, 0) is 48.5 Å². The number of nitrogens with zero attached hydrogens (tertiary/aromatic N) is 2. The monoisotopic (exact) mass is 447 g/mol. The molecule has 0 saturated carbocycles. The van der Waals surface area contributed by atoms with Crippen molar-refractivity contribution in [1.82, 2.24) is 9.38 Å². The van der Waals surface area contributed by atoms with Crippen LogP contribution in [0.15, 0.2) is 71.9 Å². The highest BCUT2D eigenvalue weighted by atomic mass is 35.5. The Bertz CT molecular complexity index is 1300. The minimum Gasteiger partial charge on any atom is -0.497 e. The van der Waals surface area contributed by atoms with Crippen molar-refractivity contribution in [2.24, 2.45) is 0 Å². The molecule has 2 aromatic carbocycles. The Morgan fingerprint density at radius 3 is 2.48 bits per heavy atom. The standard InChI is InChI=1S/C20H15Cl2N3O3S/c1-28-14-5-7-15(8-6-14)29(26,27)24-18-3-2-10-25-19(12-23-20(18)25)13-4-9-16(21)17(22)11-13/h2-12,24H,1H3. The molecule has 9 heteroatoms. The van der Waals surface area contributed by atoms with Gasteiger partial charge in [0.1, 0.15) is 5.75 Å². The molecule has 0 aliphatic carbocycles. The molecule has 29 heavy (non-hydrogen) atoms. The van der Waals surface area contributed by atoms with Gasteiger partial charge in [-0.15, -0.1) is 0 Å². The van der Waals surface area contributed by atoms with Crippen molar-refractivity contribution >= 4 is 44.6 Å². The number of sulfonamides is 1. The highest BCUT2D eigenvalue weighted by Gasteiger charge is 2.18. The van der Waals surface area contributed by atoms with Gasteiger partial charge in [0, 0.05) is 11.8 Å². The Morgan fingerprint density at radius 1 is 1.03 bits per heavy atom. The lowest BCUT2D eigenvalue weighted by Gasteiger charge is -2.10. The Balaban J connectivity index is 1.73. The smallest absolute Gasteiger partial charge is 0.262 e. The lowest BCUT2D eigenvalue weighted by Crippen LogP contribution is -2.13. The van der Waals surface area contributed by atoms with E-state index in [1.807, 2.05) is 6.07 Å². The van der Waals surface area contributed by atoms with Crippen LogP contribution in [0.2, 0.25) is 10.0 Å². The SMILES string of the molecule is COc1ccc(S(=O)(=O)Nc2cccn3c(-c4ccc(Cl)c(Cl)c4)cnc23)cc1. The Morgan fingerprint density at radius 2 is 1.79 bits per heavy atom. The third kappa shape index (κ3) is 3.76. The molecular weight excluding hydrogens is 433 g/mol. The molecule has 1 N–H and O–H groups in total. The molecule has 0 bridgehead atoms. The second kappa shape index (κ2) is 7.59. The maximum atomic E-state index is 12.8. The van der Waals surface area contributed by atoms with Crippen molar-refractivity contribution in [3.63, 3.8) is 0 Å². The number of anilines is 1. The van der Waals surface area contributed by atoms with Crippen LogP contribution in [0.3, 0.4) is 0 Å². The summed E-state index contributed by atoms with van der Waals surface area (Å²) in [6.45, 7) is 0. The van der Waals surface area contributed by atoms with Crippen molar-refractivity contribution in [2.45, 2.75) is 4.90 Å². The number of pyridine rings is 1. The summed E-state index contributed by atoms with van der Waals surface area (Å²) in [7, 11) is -2.27. The number of rotatable bonds is 5. The van der Waals surface area contributed by atoms with Crippen molar-refractivity contribution in [3.8, 4) is 17.0 Å². The van der Waals surface area contributed by atoms with Gasteiger partial charge in [0.05, 0.1) is 39.6 Å². The highest BCUT2D eigenvalue weighted by molar-refractivity contribution is 7.92. The molecule has 148 valence electrons. The molecule has 2 heterocycles. The molecule has 0 aliphatic rings. The topological polar surface area (TPSA) is 72.7 Å². The third-order valence-corrected chi connectivity index (χ3v) is 6.49. The van der Waals surface area contributed by atoms with Crippen molar-refractivity contribution in [3.05, 3.63) is 77.0 Å². The maximum Gasteiger partial charge on any atom is 0.262 e. The average Bonchev–Trinajstić information content (AvgIpc) is 3.15. The molecule has 0 radical (unpaired) electrons. The Hall–Kier alpha value is -2.74. The van der Waals surface area contributed by atoms with Crippen molar-refractivity contribution in [2.75, 3.05) is 11.8 Å². The maximum absolute atomic E-state index is 12.8. The summed E-state index contributed by atoms with van der Waals surface area (Å²) < 4.78 is 35.0. The number of benzene rings is 2. The summed E-state index contributed by atoms with van der Waals surface area (Å²) in [5, 5.41) is 0.882. The van der Waals surface area contributed by atoms with Crippen LogP contribution in [0.5, 0.6) is 5.75 Å². The lowest BCUT2D eigenvalue weighted by atomic mass is 10.2. The van der Waals surface area contributed by atoms with E-state index in [2.05, 4.69) is 9.71 Å². The van der Waals surface area contributed by atoms with Crippen LogP contribution < -0.4 is 9.46 Å². The summed E-state index contributed by atoms with van der Waals surface area (Å²) in [5.41, 5.74) is 2.38. The van der Waals surface area contributed by atoms with Crippen LogP contribution in [0, 0.1) is 0 Å². The number of methoxy groups -OCH3 is 1. The van der Waals surface area contributed by atoms with Gasteiger partial charge in [-0.3, -0.25) is 9.12 Å². The molecule has 0 unspecified atom stereocenters. The second-order valence-corrected chi connectivity index (χ2v) is 8.67. The highest BCUT2D eigenvalue weighted by Crippen LogP contribution is 2.30. The van der Waals surface area contributed by atoms with Gasteiger partial charge in [-0.2, -0.15) is 0 Å². The first kappa shape index (κ1) is 19.6. The molecule has 0 fully saturated rings. The van der Waals surface area contributed by atoms with Crippen LogP contribution >= 0.6 is 23.2 Å². The van der Waals surface area contributed by atoms with Gasteiger partial charge in [0.2, 0.25) is 0 Å². The molecule has 0 atom stereocenters. The number of aromatic nitrogens is 2. The molecule has 2 aromatic heterocycles. The predicted octanol–water partition coefficient (Wildman–Crippen LogP) is 5.12. The molecule has 0 amide bonds. The zero-order valence-electron chi connectivity index (χ0n) is 15.1. The van der Waals surface area contributed by atoms with Crippen LogP contribution in [-0.2, 0) is 10.0 Å². The van der Waals surface area contributed by atoms with E-state index >= 15 is 0 Å². The Kier molecular flexibility index (Phi) is 5.12. The first-order valence-electron chi connectivity index (χ1n) is 8.47. The van der Waals surface area contributed by atoms with E-state index in [1.54, 1.807) is 53.2 Å². The molecule has 0 aliphatic heterocycles. The molecule has 0 saturated heterocycles. The van der Waals surface area contributed by atoms with E-state index in [0.717, 1.165) is 11.3 Å². The first-order valence-corrected chi connectivity index (χ1v) is 10.7. The number of hydrogen-bond acceptors (Lipinski definition) is 4. The van der Waals surface area contributed by atoms with Gasteiger partial charge >= 0.3 is 0 Å². The normalized spacial score (nSPS) is 11.6. The fraction of sp³-hybridized carbons (Fsp3) is 0.0500. The van der Waals surface area contributed by atoms with Crippen LogP contribution in [-0.4, -0.2) is 24.9 Å². The number of imidazole rings is 1. The minimum absolute atomic E-state index is 0.122. The largest absolute Gasteiger partial charge is 0.497 e. The summed E-state index contributed by atoms with van der Waals surface area (Å²) in [6, 6.07) is 14.8. The van der Waals surface area contributed by atoms with Gasteiger partial charge < -0.3 is 4.74 Å².